The molecule has 0 aromatic heterocycles. The van der Waals surface area contributed by atoms with E-state index in [0.717, 1.165) is 0 Å². The number of anilines is 2. The van der Waals surface area contributed by atoms with Gasteiger partial charge >= 0.3 is 0 Å². The van der Waals surface area contributed by atoms with Gasteiger partial charge in [-0.05, 0) is 50.2 Å². The van der Waals surface area contributed by atoms with Crippen LogP contribution < -0.4 is 24.8 Å². The number of ether oxygens (including phenoxy) is 3. The maximum Gasteiger partial charge on any atom is 0.242 e. The molecule has 0 aliphatic rings. The molecular weight excluding hydrogens is 424 g/mol. The topological polar surface area (TPSA) is 120 Å². The van der Waals surface area contributed by atoms with Crippen molar-refractivity contribution in [2.24, 2.45) is 0 Å². The van der Waals surface area contributed by atoms with E-state index in [4.69, 9.17) is 14.2 Å². The summed E-state index contributed by atoms with van der Waals surface area (Å²) in [5.74, 6) is -0.858. The first-order valence-electron chi connectivity index (χ1n) is 9.47. The molecule has 0 aliphatic heterocycles. The number of carbonyl (C=O) groups is 2. The van der Waals surface area contributed by atoms with Crippen molar-refractivity contribution < 1.29 is 32.2 Å². The standard InChI is InChI=1S/C21H26N2O7S/c1-5-30-17-9-6-15(7-10-17)22-20(24)13-31(26,27)14(2)21(25)23-16-8-11-18(28-3)19(12-16)29-4/h6-12,14H,5,13H2,1-4H3,(H,22,24)(H,23,25). The van der Waals surface area contributed by atoms with E-state index >= 15 is 0 Å². The molecule has 2 rings (SSSR count). The molecular formula is C21H26N2O7S. The Kier molecular flexibility index (Phi) is 8.26. The SMILES string of the molecule is CCOc1ccc(NC(=O)CS(=O)(=O)C(C)C(=O)Nc2ccc(OC)c(OC)c2)cc1. The summed E-state index contributed by atoms with van der Waals surface area (Å²) in [5, 5.41) is 3.58. The summed E-state index contributed by atoms with van der Waals surface area (Å²) in [5.41, 5.74) is 0.759. The lowest BCUT2D eigenvalue weighted by atomic mass is 10.2. The average molecular weight is 451 g/mol. The number of benzene rings is 2. The number of hydrogen-bond acceptors (Lipinski definition) is 7. The fraction of sp³-hybridized carbons (Fsp3) is 0.333. The molecule has 1 unspecified atom stereocenters. The van der Waals surface area contributed by atoms with Gasteiger partial charge in [-0.15, -0.1) is 0 Å². The zero-order chi connectivity index (χ0) is 23.0. The van der Waals surface area contributed by atoms with Gasteiger partial charge in [0.25, 0.3) is 0 Å². The van der Waals surface area contributed by atoms with Crippen molar-refractivity contribution in [3.8, 4) is 17.2 Å². The van der Waals surface area contributed by atoms with Crippen molar-refractivity contribution in [3.05, 3.63) is 42.5 Å². The van der Waals surface area contributed by atoms with Crippen molar-refractivity contribution in [1.29, 1.82) is 0 Å². The van der Waals surface area contributed by atoms with Crippen LogP contribution in [0.1, 0.15) is 13.8 Å². The van der Waals surface area contributed by atoms with E-state index in [9.17, 15) is 18.0 Å². The van der Waals surface area contributed by atoms with Crippen LogP contribution in [-0.4, -0.2) is 52.1 Å². The van der Waals surface area contributed by atoms with E-state index in [-0.39, 0.29) is 0 Å². The molecule has 0 fully saturated rings. The van der Waals surface area contributed by atoms with E-state index in [1.165, 1.54) is 27.2 Å². The summed E-state index contributed by atoms with van der Waals surface area (Å²) in [6.07, 6.45) is 0. The summed E-state index contributed by atoms with van der Waals surface area (Å²) in [4.78, 5) is 24.6. The quantitative estimate of drug-likeness (QED) is 0.571. The maximum absolute atomic E-state index is 12.5. The largest absolute Gasteiger partial charge is 0.494 e. The summed E-state index contributed by atoms with van der Waals surface area (Å²) in [7, 11) is -1.13. The summed E-state index contributed by atoms with van der Waals surface area (Å²) < 4.78 is 40.7. The van der Waals surface area contributed by atoms with Gasteiger partial charge in [-0.3, -0.25) is 9.59 Å². The van der Waals surface area contributed by atoms with Gasteiger partial charge in [0.05, 0.1) is 20.8 Å². The first-order valence-corrected chi connectivity index (χ1v) is 11.2. The van der Waals surface area contributed by atoms with E-state index in [2.05, 4.69) is 10.6 Å². The third kappa shape index (κ3) is 6.61. The zero-order valence-electron chi connectivity index (χ0n) is 17.8. The Bertz CT molecular complexity index is 1020. The van der Waals surface area contributed by atoms with Gasteiger partial charge in [-0.2, -0.15) is 0 Å². The fourth-order valence-corrected chi connectivity index (χ4v) is 3.70. The molecule has 10 heteroatoms. The molecule has 31 heavy (non-hydrogen) atoms. The van der Waals surface area contributed by atoms with Crippen LogP contribution in [0.4, 0.5) is 11.4 Å². The number of methoxy groups -OCH3 is 2. The van der Waals surface area contributed by atoms with Gasteiger partial charge in [-0.1, -0.05) is 0 Å². The summed E-state index contributed by atoms with van der Waals surface area (Å²) in [6, 6.07) is 11.2. The number of amides is 2. The van der Waals surface area contributed by atoms with Crippen LogP contribution in [0, 0.1) is 0 Å². The summed E-state index contributed by atoms with van der Waals surface area (Å²) in [6.45, 7) is 3.59. The minimum Gasteiger partial charge on any atom is -0.494 e. The normalized spacial score (nSPS) is 11.9. The molecule has 0 bridgehead atoms. The molecule has 0 spiro atoms. The highest BCUT2D eigenvalue weighted by molar-refractivity contribution is 7.93. The molecule has 9 nitrogen and oxygen atoms in total. The van der Waals surface area contributed by atoms with Crippen molar-refractivity contribution in [2.75, 3.05) is 37.2 Å². The third-order valence-electron chi connectivity index (χ3n) is 4.34. The second-order valence-electron chi connectivity index (χ2n) is 6.51. The predicted molar refractivity (Wildman–Crippen MR) is 118 cm³/mol. The van der Waals surface area contributed by atoms with Crippen molar-refractivity contribution in [1.82, 2.24) is 0 Å². The van der Waals surface area contributed by atoms with E-state index < -0.39 is 32.7 Å². The lowest BCUT2D eigenvalue weighted by Crippen LogP contribution is -2.37. The smallest absolute Gasteiger partial charge is 0.242 e. The van der Waals surface area contributed by atoms with Crippen molar-refractivity contribution >= 4 is 33.0 Å². The lowest BCUT2D eigenvalue weighted by molar-refractivity contribution is -0.115. The Morgan fingerprint density at radius 2 is 1.55 bits per heavy atom. The molecule has 2 aromatic carbocycles. The van der Waals surface area contributed by atoms with Crippen LogP contribution in [0.2, 0.25) is 0 Å². The molecule has 168 valence electrons. The van der Waals surface area contributed by atoms with Gasteiger partial charge in [-0.25, -0.2) is 8.42 Å². The average Bonchev–Trinajstić information content (AvgIpc) is 2.74. The van der Waals surface area contributed by atoms with Crippen LogP contribution in [0.25, 0.3) is 0 Å². The van der Waals surface area contributed by atoms with Crippen molar-refractivity contribution in [3.63, 3.8) is 0 Å². The number of hydrogen-bond donors (Lipinski definition) is 2. The van der Waals surface area contributed by atoms with Gasteiger partial charge in [0, 0.05) is 17.4 Å². The highest BCUT2D eigenvalue weighted by Gasteiger charge is 2.30. The molecule has 0 saturated carbocycles. The minimum absolute atomic E-state index is 0.337. The monoisotopic (exact) mass is 450 g/mol. The first-order chi connectivity index (χ1) is 14.7. The van der Waals surface area contributed by atoms with Crippen LogP contribution in [-0.2, 0) is 19.4 Å². The molecule has 0 radical (unpaired) electrons. The van der Waals surface area contributed by atoms with E-state index in [1.54, 1.807) is 36.4 Å². The number of carbonyl (C=O) groups excluding carboxylic acids is 2. The molecule has 2 aromatic rings. The third-order valence-corrected chi connectivity index (χ3v) is 6.30. The van der Waals surface area contributed by atoms with Gasteiger partial charge in [0.2, 0.25) is 11.8 Å². The van der Waals surface area contributed by atoms with Gasteiger partial charge < -0.3 is 24.8 Å². The number of sulfone groups is 1. The Morgan fingerprint density at radius 3 is 2.13 bits per heavy atom. The Labute approximate surface area is 181 Å². The predicted octanol–water partition coefficient (Wildman–Crippen LogP) is 2.48. The molecule has 1 atom stereocenters. The molecule has 0 saturated heterocycles. The fourth-order valence-electron chi connectivity index (χ4n) is 2.63. The highest BCUT2D eigenvalue weighted by Crippen LogP contribution is 2.29. The minimum atomic E-state index is -4.05. The number of rotatable bonds is 10. The second kappa shape index (κ2) is 10.7. The second-order valence-corrected chi connectivity index (χ2v) is 8.84. The first kappa shape index (κ1) is 24.0. The molecule has 2 N–H and O–H groups in total. The molecule has 2 amide bonds. The zero-order valence-corrected chi connectivity index (χ0v) is 18.6. The van der Waals surface area contributed by atoms with Crippen LogP contribution in [0.15, 0.2) is 42.5 Å². The summed E-state index contributed by atoms with van der Waals surface area (Å²) >= 11 is 0. The Balaban J connectivity index is 2.00. The van der Waals surface area contributed by atoms with Gasteiger partial charge in [0.15, 0.2) is 21.3 Å². The van der Waals surface area contributed by atoms with Crippen molar-refractivity contribution in [2.45, 2.75) is 19.1 Å². The maximum atomic E-state index is 12.5. The molecule has 0 heterocycles. The van der Waals surface area contributed by atoms with E-state index in [0.29, 0.717) is 35.2 Å². The lowest BCUT2D eigenvalue weighted by Gasteiger charge is -2.15. The molecule has 0 aliphatic carbocycles. The van der Waals surface area contributed by atoms with E-state index in [1.807, 2.05) is 6.92 Å². The Morgan fingerprint density at radius 1 is 0.935 bits per heavy atom. The van der Waals surface area contributed by atoms with Crippen LogP contribution in [0.5, 0.6) is 17.2 Å². The van der Waals surface area contributed by atoms with Gasteiger partial charge in [0.1, 0.15) is 16.8 Å². The number of nitrogens with one attached hydrogen (secondary N) is 2. The Hall–Kier alpha value is -3.27. The highest BCUT2D eigenvalue weighted by atomic mass is 32.2. The van der Waals surface area contributed by atoms with Crippen LogP contribution >= 0.6 is 0 Å². The van der Waals surface area contributed by atoms with Crippen LogP contribution in [0.3, 0.4) is 0 Å².